The van der Waals surface area contributed by atoms with Gasteiger partial charge in [0.05, 0.1) is 42.6 Å². The highest BCUT2D eigenvalue weighted by Crippen LogP contribution is 2.43. The van der Waals surface area contributed by atoms with Gasteiger partial charge in [-0.25, -0.2) is 24.4 Å². The molecule has 0 N–H and O–H groups in total. The maximum Gasteiger partial charge on any atom is 0.344 e. The molecule has 0 saturated carbocycles. The topological polar surface area (TPSA) is 132 Å². The van der Waals surface area contributed by atoms with Gasteiger partial charge in [0.2, 0.25) is 0 Å². The van der Waals surface area contributed by atoms with Gasteiger partial charge >= 0.3 is 17.9 Å². The van der Waals surface area contributed by atoms with Crippen LogP contribution in [0.15, 0.2) is 127 Å². The second-order valence-electron chi connectivity index (χ2n) is 15.5. The summed E-state index contributed by atoms with van der Waals surface area (Å²) in [5.41, 5.74) is 10.6. The zero-order valence-electron chi connectivity index (χ0n) is 38.1. The van der Waals surface area contributed by atoms with Crippen LogP contribution < -0.4 is 14.2 Å². The summed E-state index contributed by atoms with van der Waals surface area (Å²) in [6.45, 7) is 5.52. The van der Waals surface area contributed by atoms with Crippen LogP contribution in [0.3, 0.4) is 0 Å². The molecule has 0 fully saturated rings. The number of hydrogen-bond acceptors (Lipinski definition) is 13. The number of thiophene rings is 2. The van der Waals surface area contributed by atoms with Gasteiger partial charge in [-0.3, -0.25) is 0 Å². The molecule has 0 saturated heterocycles. The van der Waals surface area contributed by atoms with E-state index in [1.807, 2.05) is 103 Å². The van der Waals surface area contributed by atoms with Gasteiger partial charge in [0.25, 0.3) is 0 Å². The summed E-state index contributed by atoms with van der Waals surface area (Å²) in [7, 11) is 0. The van der Waals surface area contributed by atoms with Crippen LogP contribution in [0.2, 0.25) is 0 Å². The van der Waals surface area contributed by atoms with E-state index in [2.05, 4.69) is 48.6 Å². The van der Waals surface area contributed by atoms with E-state index in [1.165, 1.54) is 0 Å². The number of hydrogen-bond donors (Lipinski definition) is 0. The Bertz CT molecular complexity index is 3190. The van der Waals surface area contributed by atoms with Gasteiger partial charge in [-0.1, -0.05) is 66.7 Å². The quantitative estimate of drug-likeness (QED) is 0.0677. The molecule has 7 aromatic rings. The van der Waals surface area contributed by atoms with Gasteiger partial charge in [-0.2, -0.15) is 0 Å². The van der Waals surface area contributed by atoms with E-state index in [0.29, 0.717) is 17.2 Å². The van der Waals surface area contributed by atoms with Crippen molar-refractivity contribution in [1.29, 1.82) is 0 Å². The third kappa shape index (κ3) is 10.6. The summed E-state index contributed by atoms with van der Waals surface area (Å²) in [6.07, 6.45) is 8.24. The Kier molecular flexibility index (Phi) is 14.3. The molecule has 3 aromatic heterocycles. The molecule has 4 aromatic carbocycles. The molecule has 346 valence electrons. The lowest BCUT2D eigenvalue weighted by molar-refractivity contribution is -0.146. The summed E-state index contributed by atoms with van der Waals surface area (Å²) in [6, 6.07) is 41.7. The van der Waals surface area contributed by atoms with Crippen molar-refractivity contribution in [2.75, 3.05) is 39.6 Å². The highest BCUT2D eigenvalue weighted by molar-refractivity contribution is 7.24. The number of benzene rings is 4. The van der Waals surface area contributed by atoms with Gasteiger partial charge in [-0.15, -0.1) is 22.7 Å². The Morgan fingerprint density at radius 3 is 0.928 bits per heavy atom. The van der Waals surface area contributed by atoms with Gasteiger partial charge in [0, 0.05) is 41.1 Å². The number of rotatable bonds is 16. The molecule has 0 spiro atoms. The maximum atomic E-state index is 12.1. The van der Waals surface area contributed by atoms with Crippen LogP contribution in [-0.2, 0) is 28.6 Å². The van der Waals surface area contributed by atoms with E-state index in [-0.39, 0.29) is 39.6 Å². The lowest BCUT2D eigenvalue weighted by Gasteiger charge is -2.09. The molecule has 0 amide bonds. The maximum absolute atomic E-state index is 12.1. The Hall–Kier alpha value is -7.87. The van der Waals surface area contributed by atoms with E-state index in [4.69, 9.17) is 38.4 Å². The predicted octanol–water partition coefficient (Wildman–Crippen LogP) is 12.6. The molecule has 2 aliphatic heterocycles. The standard InChI is InChI=1S/C56H46N2O9S2/c1-4-62-50(59)32-65-39-18-12-36(13-19-39)54-43-25-24-42(57-43)53(35-10-8-7-9-11-35)46-28-29-47(68-46)55(37-14-20-40(21-15-37)66-33-51(60)63-5-2)44-26-27-45(58-44)56(49-31-30-48(54)69-49)38-16-22-41(23-17-38)67-34-52(61)64-6-3/h7-31H,4-6,32-34H2,1-3H3. The average Bonchev–Trinajstić information content (AvgIpc) is 4.23. The van der Waals surface area contributed by atoms with Crippen LogP contribution in [0.5, 0.6) is 17.2 Å². The van der Waals surface area contributed by atoms with Crippen molar-refractivity contribution in [2.45, 2.75) is 20.8 Å². The van der Waals surface area contributed by atoms with Crippen LogP contribution in [0.1, 0.15) is 43.5 Å². The van der Waals surface area contributed by atoms with Gasteiger partial charge in [0.1, 0.15) is 17.2 Å². The molecule has 9 rings (SSSR count). The van der Waals surface area contributed by atoms with E-state index in [1.54, 1.807) is 43.4 Å². The smallest absolute Gasteiger partial charge is 0.344 e. The van der Waals surface area contributed by atoms with E-state index >= 15 is 0 Å². The molecule has 69 heavy (non-hydrogen) atoms. The van der Waals surface area contributed by atoms with Gasteiger partial charge < -0.3 is 28.4 Å². The van der Waals surface area contributed by atoms with Crippen LogP contribution in [0.25, 0.3) is 87.6 Å². The van der Waals surface area contributed by atoms with Crippen molar-refractivity contribution in [3.63, 3.8) is 0 Å². The molecule has 13 heteroatoms. The first-order chi connectivity index (χ1) is 33.8. The molecule has 8 bridgehead atoms. The van der Waals surface area contributed by atoms with Crippen LogP contribution >= 0.6 is 22.7 Å². The first-order valence-electron chi connectivity index (χ1n) is 22.5. The summed E-state index contributed by atoms with van der Waals surface area (Å²) in [5, 5.41) is 0. The zero-order valence-corrected chi connectivity index (χ0v) is 39.7. The first-order valence-corrected chi connectivity index (χ1v) is 24.1. The lowest BCUT2D eigenvalue weighted by Crippen LogP contribution is -2.14. The number of ether oxygens (including phenoxy) is 6. The SMILES string of the molecule is CCOC(=O)COc1ccc(-c2c3nc(c(-c4ccc(OCC(=O)OCC)cc4)c4ccc(s4)c(-c4ccc(OCC(=O)OCC)cc4)c4nc(c(-c5ccccc5)c5ccc2s5)C=C4)C=C3)cc1. The van der Waals surface area contributed by atoms with Crippen LogP contribution in [0, 0.1) is 0 Å². The predicted molar refractivity (Wildman–Crippen MR) is 274 cm³/mol. The Labute approximate surface area is 406 Å². The Morgan fingerprint density at radius 1 is 0.377 bits per heavy atom. The number of nitrogens with zero attached hydrogens (tertiary/aromatic N) is 2. The average molecular weight is 955 g/mol. The Balaban J connectivity index is 1.28. The number of aromatic nitrogens is 2. The number of fused-ring (bicyclic) bond motifs is 8. The van der Waals surface area contributed by atoms with E-state index in [9.17, 15) is 14.4 Å². The number of carbonyl (C=O) groups excluding carboxylic acids is 3. The van der Waals surface area contributed by atoms with Crippen LogP contribution in [0.4, 0.5) is 0 Å². The highest BCUT2D eigenvalue weighted by Gasteiger charge is 2.20. The molecular formula is C56H46N2O9S2. The lowest BCUT2D eigenvalue weighted by atomic mass is 10.0. The molecule has 2 aliphatic rings. The largest absolute Gasteiger partial charge is 0.482 e. The summed E-state index contributed by atoms with van der Waals surface area (Å²) in [4.78, 5) is 47.2. The number of carbonyl (C=O) groups is 3. The fourth-order valence-electron chi connectivity index (χ4n) is 7.95. The second kappa shape index (κ2) is 21.4. The molecule has 5 heterocycles. The molecule has 11 nitrogen and oxygen atoms in total. The molecule has 0 unspecified atom stereocenters. The normalized spacial score (nSPS) is 11.5. The van der Waals surface area contributed by atoms with Crippen molar-refractivity contribution in [3.05, 3.63) is 150 Å². The van der Waals surface area contributed by atoms with Crippen LogP contribution in [-0.4, -0.2) is 67.5 Å². The zero-order chi connectivity index (χ0) is 47.7. The van der Waals surface area contributed by atoms with Crippen molar-refractivity contribution < 1.29 is 42.8 Å². The number of esters is 3. The third-order valence-electron chi connectivity index (χ3n) is 11.0. The first kappa shape index (κ1) is 46.2. The summed E-state index contributed by atoms with van der Waals surface area (Å²) < 4.78 is 36.5. The molecular weight excluding hydrogens is 909 g/mol. The van der Waals surface area contributed by atoms with Crippen molar-refractivity contribution in [1.82, 2.24) is 9.97 Å². The minimum atomic E-state index is -0.441. The van der Waals surface area contributed by atoms with Crippen molar-refractivity contribution in [2.24, 2.45) is 0 Å². The monoisotopic (exact) mass is 954 g/mol. The fraction of sp³-hybridized carbons (Fsp3) is 0.161. The second-order valence-corrected chi connectivity index (χ2v) is 17.6. The molecule has 0 atom stereocenters. The highest BCUT2D eigenvalue weighted by atomic mass is 32.1. The minimum absolute atomic E-state index is 0.192. The summed E-state index contributed by atoms with van der Waals surface area (Å²) in [5.74, 6) is 0.289. The van der Waals surface area contributed by atoms with Gasteiger partial charge in [-0.05, 0) is 128 Å². The fourth-order valence-corrected chi connectivity index (χ4v) is 10.3. The summed E-state index contributed by atoms with van der Waals surface area (Å²) >= 11 is 3.28. The molecule has 0 aliphatic carbocycles. The minimum Gasteiger partial charge on any atom is -0.482 e. The van der Waals surface area contributed by atoms with Crippen molar-refractivity contribution in [3.8, 4) is 61.8 Å². The van der Waals surface area contributed by atoms with E-state index in [0.717, 1.165) is 86.1 Å². The third-order valence-corrected chi connectivity index (χ3v) is 13.2. The van der Waals surface area contributed by atoms with E-state index < -0.39 is 17.9 Å². The van der Waals surface area contributed by atoms with Crippen molar-refractivity contribution >= 4 is 83.7 Å². The van der Waals surface area contributed by atoms with Gasteiger partial charge in [0.15, 0.2) is 19.8 Å². The Morgan fingerprint density at radius 2 is 0.652 bits per heavy atom. The molecule has 0 radical (unpaired) electrons.